The molecule has 0 radical (unpaired) electrons. The van der Waals surface area contributed by atoms with E-state index in [1.54, 1.807) is 13.8 Å². The van der Waals surface area contributed by atoms with Crippen LogP contribution < -0.4 is 5.32 Å². The molecule has 1 amide bonds. The molecule has 0 aliphatic heterocycles. The van der Waals surface area contributed by atoms with Gasteiger partial charge in [-0.15, -0.1) is 0 Å². The highest BCUT2D eigenvalue weighted by molar-refractivity contribution is 5.78. The van der Waals surface area contributed by atoms with Gasteiger partial charge in [0.25, 0.3) is 0 Å². The fourth-order valence-corrected chi connectivity index (χ4v) is 1.81. The SMILES string of the molecule is CC(C)(CC(=O)O)NC(=O)CC1CCC1. The molecule has 0 unspecified atom stereocenters. The van der Waals surface area contributed by atoms with Gasteiger partial charge in [0.15, 0.2) is 0 Å². The molecule has 0 aromatic rings. The molecule has 1 saturated carbocycles. The first-order chi connectivity index (χ1) is 6.89. The summed E-state index contributed by atoms with van der Waals surface area (Å²) in [4.78, 5) is 22.1. The highest BCUT2D eigenvalue weighted by atomic mass is 16.4. The van der Waals surface area contributed by atoms with Gasteiger partial charge in [-0.25, -0.2) is 0 Å². The largest absolute Gasteiger partial charge is 0.481 e. The Morgan fingerprint density at radius 2 is 2.00 bits per heavy atom. The number of carboxylic acids is 1. The van der Waals surface area contributed by atoms with Crippen molar-refractivity contribution in [3.05, 3.63) is 0 Å². The number of amides is 1. The van der Waals surface area contributed by atoms with Gasteiger partial charge in [-0.05, 0) is 32.6 Å². The van der Waals surface area contributed by atoms with Crippen molar-refractivity contribution in [2.75, 3.05) is 0 Å². The number of hydrogen-bond donors (Lipinski definition) is 2. The molecule has 1 aliphatic carbocycles. The highest BCUT2D eigenvalue weighted by Crippen LogP contribution is 2.29. The fraction of sp³-hybridized carbons (Fsp3) is 0.818. The van der Waals surface area contributed by atoms with Crippen molar-refractivity contribution in [2.24, 2.45) is 5.92 Å². The van der Waals surface area contributed by atoms with Gasteiger partial charge in [-0.1, -0.05) is 6.42 Å². The van der Waals surface area contributed by atoms with Gasteiger partial charge in [0.1, 0.15) is 0 Å². The molecule has 4 nitrogen and oxygen atoms in total. The van der Waals surface area contributed by atoms with Crippen LogP contribution in [0.2, 0.25) is 0 Å². The first-order valence-electron chi connectivity index (χ1n) is 5.42. The lowest BCUT2D eigenvalue weighted by molar-refractivity contribution is -0.138. The van der Waals surface area contributed by atoms with Crippen molar-refractivity contribution < 1.29 is 14.7 Å². The van der Waals surface area contributed by atoms with Crippen molar-refractivity contribution in [1.82, 2.24) is 5.32 Å². The molecule has 0 bridgehead atoms. The van der Waals surface area contributed by atoms with Crippen molar-refractivity contribution >= 4 is 11.9 Å². The van der Waals surface area contributed by atoms with Crippen LogP contribution in [-0.4, -0.2) is 22.5 Å². The molecule has 0 saturated heterocycles. The lowest BCUT2D eigenvalue weighted by Crippen LogP contribution is -2.45. The van der Waals surface area contributed by atoms with Crippen molar-refractivity contribution in [2.45, 2.75) is 51.5 Å². The first-order valence-corrected chi connectivity index (χ1v) is 5.42. The molecule has 0 spiro atoms. The van der Waals surface area contributed by atoms with E-state index in [1.165, 1.54) is 6.42 Å². The molecule has 86 valence electrons. The number of carboxylic acid groups (broad SMARTS) is 1. The van der Waals surface area contributed by atoms with Gasteiger partial charge in [0.2, 0.25) is 5.91 Å². The lowest BCUT2D eigenvalue weighted by atomic mass is 9.82. The average Bonchev–Trinajstić information content (AvgIpc) is 1.92. The molecule has 0 heterocycles. The predicted molar refractivity (Wildman–Crippen MR) is 56.4 cm³/mol. The minimum Gasteiger partial charge on any atom is -0.481 e. The quantitative estimate of drug-likeness (QED) is 0.728. The zero-order chi connectivity index (χ0) is 11.5. The number of carbonyl (C=O) groups is 2. The normalized spacial score (nSPS) is 16.9. The van der Waals surface area contributed by atoms with Gasteiger partial charge >= 0.3 is 5.97 Å². The Labute approximate surface area is 90.0 Å². The zero-order valence-electron chi connectivity index (χ0n) is 9.38. The van der Waals surface area contributed by atoms with E-state index in [0.717, 1.165) is 12.8 Å². The van der Waals surface area contributed by atoms with E-state index in [-0.39, 0.29) is 12.3 Å². The maximum Gasteiger partial charge on any atom is 0.305 e. The van der Waals surface area contributed by atoms with Crippen LogP contribution in [0.3, 0.4) is 0 Å². The van der Waals surface area contributed by atoms with Crippen LogP contribution in [0, 0.1) is 5.92 Å². The van der Waals surface area contributed by atoms with Gasteiger partial charge in [0.05, 0.1) is 6.42 Å². The Morgan fingerprint density at radius 1 is 1.40 bits per heavy atom. The third-order valence-electron chi connectivity index (χ3n) is 2.77. The van der Waals surface area contributed by atoms with Crippen molar-refractivity contribution in [3.63, 3.8) is 0 Å². The Balaban J connectivity index is 2.31. The number of rotatable bonds is 5. The van der Waals surface area contributed by atoms with Crippen LogP contribution in [0.25, 0.3) is 0 Å². The van der Waals surface area contributed by atoms with Crippen LogP contribution >= 0.6 is 0 Å². The van der Waals surface area contributed by atoms with Gasteiger partial charge < -0.3 is 10.4 Å². The summed E-state index contributed by atoms with van der Waals surface area (Å²) in [5.74, 6) is -0.388. The number of hydrogen-bond acceptors (Lipinski definition) is 2. The second-order valence-electron chi connectivity index (χ2n) is 5.00. The third-order valence-corrected chi connectivity index (χ3v) is 2.77. The van der Waals surface area contributed by atoms with Crippen LogP contribution in [0.5, 0.6) is 0 Å². The van der Waals surface area contributed by atoms with Gasteiger partial charge in [-0.2, -0.15) is 0 Å². The van der Waals surface area contributed by atoms with Crippen molar-refractivity contribution in [1.29, 1.82) is 0 Å². The third kappa shape index (κ3) is 4.32. The molecule has 15 heavy (non-hydrogen) atoms. The van der Waals surface area contributed by atoms with E-state index in [9.17, 15) is 9.59 Å². The van der Waals surface area contributed by atoms with E-state index in [0.29, 0.717) is 12.3 Å². The van der Waals surface area contributed by atoms with E-state index >= 15 is 0 Å². The molecule has 0 atom stereocenters. The summed E-state index contributed by atoms with van der Waals surface area (Å²) in [6, 6.07) is 0. The summed E-state index contributed by atoms with van der Waals surface area (Å²) in [5.41, 5.74) is -0.646. The summed E-state index contributed by atoms with van der Waals surface area (Å²) in [7, 11) is 0. The molecule has 0 aromatic carbocycles. The first kappa shape index (κ1) is 12.0. The highest BCUT2D eigenvalue weighted by Gasteiger charge is 2.26. The Bertz CT molecular complexity index is 257. The smallest absolute Gasteiger partial charge is 0.305 e. The summed E-state index contributed by atoms with van der Waals surface area (Å²) in [5, 5.41) is 11.4. The molecule has 4 heteroatoms. The predicted octanol–water partition coefficient (Wildman–Crippen LogP) is 1.55. The van der Waals surface area contributed by atoms with E-state index in [4.69, 9.17) is 5.11 Å². The standard InChI is InChI=1S/C11H19NO3/c1-11(2,7-10(14)15)12-9(13)6-8-4-3-5-8/h8H,3-7H2,1-2H3,(H,12,13)(H,14,15). The van der Waals surface area contributed by atoms with E-state index in [1.807, 2.05) is 0 Å². The van der Waals surface area contributed by atoms with E-state index in [2.05, 4.69) is 5.32 Å². The summed E-state index contributed by atoms with van der Waals surface area (Å²) in [6.45, 7) is 3.47. The zero-order valence-corrected chi connectivity index (χ0v) is 9.38. The second kappa shape index (κ2) is 4.64. The fourth-order valence-electron chi connectivity index (χ4n) is 1.81. The van der Waals surface area contributed by atoms with Crippen LogP contribution in [0.4, 0.5) is 0 Å². The van der Waals surface area contributed by atoms with Crippen LogP contribution in [0.15, 0.2) is 0 Å². The van der Waals surface area contributed by atoms with Crippen LogP contribution in [0.1, 0.15) is 46.0 Å². The molecular formula is C11H19NO3. The topological polar surface area (TPSA) is 66.4 Å². The number of aliphatic carboxylic acids is 1. The Hall–Kier alpha value is -1.06. The van der Waals surface area contributed by atoms with Gasteiger partial charge in [0, 0.05) is 12.0 Å². The van der Waals surface area contributed by atoms with Crippen LogP contribution in [-0.2, 0) is 9.59 Å². The summed E-state index contributed by atoms with van der Waals surface area (Å²) in [6.07, 6.45) is 3.99. The second-order valence-corrected chi connectivity index (χ2v) is 5.00. The molecule has 1 rings (SSSR count). The Kier molecular flexibility index (Phi) is 3.72. The minimum atomic E-state index is -0.885. The molecule has 0 aromatic heterocycles. The number of nitrogens with one attached hydrogen (secondary N) is 1. The maximum absolute atomic E-state index is 11.5. The average molecular weight is 213 g/mol. The molecular weight excluding hydrogens is 194 g/mol. The molecule has 1 aliphatic rings. The summed E-state index contributed by atoms with van der Waals surface area (Å²) < 4.78 is 0. The molecule has 1 fully saturated rings. The van der Waals surface area contributed by atoms with E-state index < -0.39 is 11.5 Å². The van der Waals surface area contributed by atoms with Gasteiger partial charge in [-0.3, -0.25) is 9.59 Å². The monoisotopic (exact) mass is 213 g/mol. The number of carbonyl (C=O) groups excluding carboxylic acids is 1. The lowest BCUT2D eigenvalue weighted by Gasteiger charge is -2.28. The minimum absolute atomic E-state index is 0.0223. The Morgan fingerprint density at radius 3 is 2.40 bits per heavy atom. The maximum atomic E-state index is 11.5. The molecule has 2 N–H and O–H groups in total. The van der Waals surface area contributed by atoms with Crippen molar-refractivity contribution in [3.8, 4) is 0 Å². The summed E-state index contributed by atoms with van der Waals surface area (Å²) >= 11 is 0.